The van der Waals surface area contributed by atoms with Crippen LogP contribution >= 0.6 is 0 Å². The second kappa shape index (κ2) is 6.01. The van der Waals surface area contributed by atoms with Gasteiger partial charge in [-0.2, -0.15) is 18.3 Å². The Hall–Kier alpha value is -2.65. The Balaban J connectivity index is 2.31. The van der Waals surface area contributed by atoms with E-state index in [-0.39, 0.29) is 10.6 Å². The van der Waals surface area contributed by atoms with E-state index >= 15 is 0 Å². The van der Waals surface area contributed by atoms with Crippen LogP contribution in [0.15, 0.2) is 65.7 Å². The van der Waals surface area contributed by atoms with Gasteiger partial charge < -0.3 is 0 Å². The molecule has 3 aromatic rings. The Morgan fingerprint density at radius 2 is 1.64 bits per heavy atom. The van der Waals surface area contributed by atoms with Gasteiger partial charge in [0.05, 0.1) is 5.69 Å². The van der Waals surface area contributed by atoms with Crippen molar-refractivity contribution in [1.82, 2.24) is 9.78 Å². The number of hydrogen-bond donors (Lipinski definition) is 1. The summed E-state index contributed by atoms with van der Waals surface area (Å²) < 4.78 is 63.3. The topological polar surface area (TPSA) is 78.0 Å². The van der Waals surface area contributed by atoms with Crippen molar-refractivity contribution in [2.24, 2.45) is 5.14 Å². The molecule has 25 heavy (non-hydrogen) atoms. The predicted octanol–water partition coefficient (Wildman–Crippen LogP) is 3.21. The average Bonchev–Trinajstić information content (AvgIpc) is 3.04. The number of sulfonamides is 1. The smallest absolute Gasteiger partial charge is 0.238 e. The fraction of sp³-hybridized carbons (Fsp3) is 0.0625. The molecule has 5 nitrogen and oxygen atoms in total. The van der Waals surface area contributed by atoms with E-state index in [1.165, 1.54) is 12.1 Å². The minimum atomic E-state index is -4.64. The first-order valence-corrected chi connectivity index (χ1v) is 8.57. The monoisotopic (exact) mass is 367 g/mol. The summed E-state index contributed by atoms with van der Waals surface area (Å²) in [5.74, 6) is 0. The van der Waals surface area contributed by atoms with E-state index in [2.05, 4.69) is 5.10 Å². The molecule has 9 heteroatoms. The molecule has 0 spiro atoms. The van der Waals surface area contributed by atoms with Gasteiger partial charge in [0.15, 0.2) is 5.69 Å². The number of primary sulfonamides is 1. The molecule has 0 aliphatic heterocycles. The van der Waals surface area contributed by atoms with Crippen LogP contribution in [0.2, 0.25) is 0 Å². The zero-order valence-electron chi connectivity index (χ0n) is 12.6. The quantitative estimate of drug-likeness (QED) is 0.772. The van der Waals surface area contributed by atoms with Gasteiger partial charge >= 0.3 is 6.18 Å². The van der Waals surface area contributed by atoms with Crippen molar-refractivity contribution in [2.45, 2.75) is 11.1 Å². The van der Waals surface area contributed by atoms with E-state index < -0.39 is 21.9 Å². The van der Waals surface area contributed by atoms with E-state index in [4.69, 9.17) is 5.14 Å². The zero-order chi connectivity index (χ0) is 18.2. The highest BCUT2D eigenvalue weighted by Gasteiger charge is 2.34. The molecule has 0 aliphatic rings. The summed E-state index contributed by atoms with van der Waals surface area (Å²) in [6, 6.07) is 13.7. The van der Waals surface area contributed by atoms with Crippen LogP contribution in [0.4, 0.5) is 13.2 Å². The van der Waals surface area contributed by atoms with Gasteiger partial charge in [0.2, 0.25) is 10.0 Å². The van der Waals surface area contributed by atoms with Crippen molar-refractivity contribution in [3.8, 4) is 16.8 Å². The van der Waals surface area contributed by atoms with Crippen LogP contribution in [0, 0.1) is 0 Å². The number of rotatable bonds is 3. The molecule has 0 saturated heterocycles. The fourth-order valence-corrected chi connectivity index (χ4v) is 3.18. The summed E-state index contributed by atoms with van der Waals surface area (Å²) in [6.07, 6.45) is -3.59. The van der Waals surface area contributed by atoms with Crippen molar-refractivity contribution in [1.29, 1.82) is 0 Å². The normalized spacial score (nSPS) is 12.3. The molecule has 1 aromatic heterocycles. The Morgan fingerprint density at radius 1 is 0.960 bits per heavy atom. The third-order valence-corrected chi connectivity index (χ3v) is 4.44. The van der Waals surface area contributed by atoms with E-state index in [1.807, 2.05) is 0 Å². The highest BCUT2D eigenvalue weighted by Crippen LogP contribution is 2.33. The fourth-order valence-electron chi connectivity index (χ4n) is 2.44. The second-order valence-corrected chi connectivity index (χ2v) is 6.74. The summed E-state index contributed by atoms with van der Waals surface area (Å²) >= 11 is 0. The Bertz CT molecular complexity index is 1010. The molecule has 0 bridgehead atoms. The largest absolute Gasteiger partial charge is 0.435 e. The minimum absolute atomic E-state index is 0.0355. The third kappa shape index (κ3) is 3.42. The van der Waals surface area contributed by atoms with Crippen LogP contribution in [0.5, 0.6) is 0 Å². The summed E-state index contributed by atoms with van der Waals surface area (Å²) in [5.41, 5.74) is -0.154. The molecule has 0 aliphatic carbocycles. The molecule has 0 radical (unpaired) electrons. The van der Waals surface area contributed by atoms with E-state index in [9.17, 15) is 21.6 Å². The van der Waals surface area contributed by atoms with E-state index in [1.54, 1.807) is 36.4 Å². The Labute approximate surface area is 141 Å². The second-order valence-electron chi connectivity index (χ2n) is 5.21. The molecule has 1 heterocycles. The van der Waals surface area contributed by atoms with Gasteiger partial charge in [0.1, 0.15) is 4.90 Å². The first-order valence-electron chi connectivity index (χ1n) is 7.02. The average molecular weight is 367 g/mol. The van der Waals surface area contributed by atoms with Gasteiger partial charge in [-0.3, -0.25) is 0 Å². The molecule has 2 N–H and O–H groups in total. The van der Waals surface area contributed by atoms with Crippen molar-refractivity contribution >= 4 is 10.0 Å². The van der Waals surface area contributed by atoms with Crippen LogP contribution in [-0.4, -0.2) is 18.2 Å². The number of nitrogens with two attached hydrogens (primary N) is 1. The van der Waals surface area contributed by atoms with Gasteiger partial charge in [-0.25, -0.2) is 18.2 Å². The van der Waals surface area contributed by atoms with Gasteiger partial charge in [-0.05, 0) is 17.7 Å². The molecule has 0 amide bonds. The Morgan fingerprint density at radius 3 is 2.20 bits per heavy atom. The van der Waals surface area contributed by atoms with Gasteiger partial charge in [0, 0.05) is 11.8 Å². The number of nitrogens with zero attached hydrogens (tertiary/aromatic N) is 2. The summed E-state index contributed by atoms with van der Waals surface area (Å²) in [4.78, 5) is -0.314. The van der Waals surface area contributed by atoms with Crippen molar-refractivity contribution in [3.63, 3.8) is 0 Å². The first kappa shape index (κ1) is 17.2. The van der Waals surface area contributed by atoms with Gasteiger partial charge in [0.25, 0.3) is 0 Å². The number of hydrogen-bond acceptors (Lipinski definition) is 3. The van der Waals surface area contributed by atoms with Gasteiger partial charge in [-0.1, -0.05) is 42.5 Å². The van der Waals surface area contributed by atoms with Gasteiger partial charge in [-0.15, -0.1) is 0 Å². The maximum Gasteiger partial charge on any atom is 0.435 e. The molecular weight excluding hydrogens is 355 g/mol. The minimum Gasteiger partial charge on any atom is -0.238 e. The van der Waals surface area contributed by atoms with Crippen LogP contribution in [0.1, 0.15) is 5.69 Å². The molecule has 130 valence electrons. The maximum absolute atomic E-state index is 12.9. The van der Waals surface area contributed by atoms with Crippen LogP contribution in [0.25, 0.3) is 16.8 Å². The number of halogens is 3. The molecule has 0 saturated carbocycles. The lowest BCUT2D eigenvalue weighted by molar-refractivity contribution is -0.141. The van der Waals surface area contributed by atoms with E-state index in [0.29, 0.717) is 11.1 Å². The lowest BCUT2D eigenvalue weighted by atomic mass is 10.0. The van der Waals surface area contributed by atoms with Crippen LogP contribution < -0.4 is 5.14 Å². The highest BCUT2D eigenvalue weighted by molar-refractivity contribution is 7.89. The van der Waals surface area contributed by atoms with Crippen molar-refractivity contribution in [3.05, 3.63) is 66.5 Å². The molecular formula is C16H12F3N3O2S. The standard InChI is InChI=1S/C16H12F3N3O2S/c17-16(18,19)14-9-10-22(21-14)15-12(11-5-2-1-3-6-11)7-4-8-13(15)25(20,23)24/h1-10H,(H2,20,23,24). The van der Waals surface area contributed by atoms with Crippen molar-refractivity contribution in [2.75, 3.05) is 0 Å². The maximum atomic E-state index is 12.9. The van der Waals surface area contributed by atoms with Crippen molar-refractivity contribution < 1.29 is 21.6 Å². The lowest BCUT2D eigenvalue weighted by Crippen LogP contribution is -2.17. The number of benzene rings is 2. The molecule has 3 rings (SSSR count). The zero-order valence-corrected chi connectivity index (χ0v) is 13.4. The highest BCUT2D eigenvalue weighted by atomic mass is 32.2. The summed E-state index contributed by atoms with van der Waals surface area (Å²) in [5, 5.41) is 8.73. The van der Waals surface area contributed by atoms with Crippen LogP contribution in [0.3, 0.4) is 0 Å². The Kier molecular flexibility index (Phi) is 4.13. The summed E-state index contributed by atoms with van der Waals surface area (Å²) in [6.45, 7) is 0. The summed E-state index contributed by atoms with van der Waals surface area (Å²) in [7, 11) is -4.18. The SMILES string of the molecule is NS(=O)(=O)c1cccc(-c2ccccc2)c1-n1ccc(C(F)(F)F)n1. The molecule has 0 unspecified atom stereocenters. The molecule has 2 aromatic carbocycles. The third-order valence-electron chi connectivity index (χ3n) is 3.50. The number of aromatic nitrogens is 2. The number of para-hydroxylation sites is 1. The molecule has 0 fully saturated rings. The lowest BCUT2D eigenvalue weighted by Gasteiger charge is -2.14. The molecule has 0 atom stereocenters. The van der Waals surface area contributed by atoms with Crippen LogP contribution in [-0.2, 0) is 16.2 Å². The number of alkyl halides is 3. The predicted molar refractivity (Wildman–Crippen MR) is 85.4 cm³/mol. The first-order chi connectivity index (χ1) is 11.7. The van der Waals surface area contributed by atoms with E-state index in [0.717, 1.165) is 16.9 Å².